The maximum absolute atomic E-state index is 12.8. The Morgan fingerprint density at radius 1 is 1.18 bits per heavy atom. The molecule has 0 aromatic heterocycles. The summed E-state index contributed by atoms with van der Waals surface area (Å²) in [6.07, 6.45) is 0. The number of halogens is 1. The molecular formula is C9H11FO. The minimum Gasteiger partial charge on any atom is -0.496 e. The van der Waals surface area contributed by atoms with Crippen LogP contribution in [0.5, 0.6) is 5.75 Å². The van der Waals surface area contributed by atoms with Gasteiger partial charge >= 0.3 is 0 Å². The molecule has 0 radical (unpaired) electrons. The molecular weight excluding hydrogens is 143 g/mol. The fourth-order valence-electron chi connectivity index (χ4n) is 0.974. The Morgan fingerprint density at radius 2 is 1.82 bits per heavy atom. The van der Waals surface area contributed by atoms with Crippen LogP contribution in [0.3, 0.4) is 0 Å². The molecule has 1 nitrogen and oxygen atoms in total. The fourth-order valence-corrected chi connectivity index (χ4v) is 0.974. The summed E-state index contributed by atoms with van der Waals surface area (Å²) in [5.41, 5.74) is 1.45. The molecule has 0 saturated carbocycles. The summed E-state index contributed by atoms with van der Waals surface area (Å²) in [5.74, 6) is 0.562. The maximum Gasteiger partial charge on any atom is 0.126 e. The molecule has 0 aliphatic rings. The van der Waals surface area contributed by atoms with Crippen LogP contribution >= 0.6 is 0 Å². The highest BCUT2D eigenvalue weighted by Crippen LogP contribution is 2.20. The maximum atomic E-state index is 12.8. The average Bonchev–Trinajstić information content (AvgIpc) is 1.97. The molecule has 0 N–H and O–H groups in total. The van der Waals surface area contributed by atoms with E-state index in [1.807, 2.05) is 6.92 Å². The molecule has 60 valence electrons. The Kier molecular flexibility index (Phi) is 2.13. The zero-order chi connectivity index (χ0) is 8.43. The number of methoxy groups -OCH3 is 1. The lowest BCUT2D eigenvalue weighted by Crippen LogP contribution is -1.90. The Morgan fingerprint density at radius 3 is 2.36 bits per heavy atom. The van der Waals surface area contributed by atoms with Crippen molar-refractivity contribution in [2.75, 3.05) is 7.11 Å². The average molecular weight is 154 g/mol. The van der Waals surface area contributed by atoms with Crippen LogP contribution in [0, 0.1) is 19.7 Å². The third kappa shape index (κ3) is 1.50. The summed E-state index contributed by atoms with van der Waals surface area (Å²) in [6, 6.07) is 3.18. The van der Waals surface area contributed by atoms with E-state index in [4.69, 9.17) is 4.74 Å². The van der Waals surface area contributed by atoms with Crippen LogP contribution in [-0.2, 0) is 0 Å². The number of hydrogen-bond acceptors (Lipinski definition) is 1. The van der Waals surface area contributed by atoms with E-state index in [0.29, 0.717) is 5.56 Å². The van der Waals surface area contributed by atoms with Gasteiger partial charge in [-0.2, -0.15) is 0 Å². The van der Waals surface area contributed by atoms with Crippen LogP contribution in [-0.4, -0.2) is 7.11 Å². The van der Waals surface area contributed by atoms with Crippen molar-refractivity contribution >= 4 is 0 Å². The van der Waals surface area contributed by atoms with E-state index in [1.54, 1.807) is 20.1 Å². The molecule has 0 spiro atoms. The molecule has 0 bridgehead atoms. The summed E-state index contributed by atoms with van der Waals surface area (Å²) in [5, 5.41) is 0. The quantitative estimate of drug-likeness (QED) is 0.603. The summed E-state index contributed by atoms with van der Waals surface area (Å²) in [4.78, 5) is 0. The first-order valence-electron chi connectivity index (χ1n) is 3.46. The minimum atomic E-state index is -0.177. The molecule has 0 saturated heterocycles. The number of rotatable bonds is 1. The molecule has 0 heterocycles. The van der Waals surface area contributed by atoms with E-state index in [2.05, 4.69) is 0 Å². The largest absolute Gasteiger partial charge is 0.496 e. The topological polar surface area (TPSA) is 9.23 Å². The molecule has 11 heavy (non-hydrogen) atoms. The Hall–Kier alpha value is -1.05. The van der Waals surface area contributed by atoms with Crippen LogP contribution in [0.2, 0.25) is 0 Å². The SMILES string of the molecule is COc1cc(C)c(F)cc1C. The van der Waals surface area contributed by atoms with Crippen molar-refractivity contribution in [1.82, 2.24) is 0 Å². The van der Waals surface area contributed by atoms with Gasteiger partial charge in [0.05, 0.1) is 7.11 Å². The highest BCUT2D eigenvalue weighted by Gasteiger charge is 2.02. The first-order chi connectivity index (χ1) is 5.15. The molecule has 0 aliphatic carbocycles. The van der Waals surface area contributed by atoms with Gasteiger partial charge in [-0.1, -0.05) is 0 Å². The van der Waals surface area contributed by atoms with E-state index in [1.165, 1.54) is 6.07 Å². The van der Waals surface area contributed by atoms with Crippen molar-refractivity contribution in [2.45, 2.75) is 13.8 Å². The van der Waals surface area contributed by atoms with E-state index in [-0.39, 0.29) is 5.82 Å². The number of aryl methyl sites for hydroxylation is 2. The van der Waals surface area contributed by atoms with Crippen molar-refractivity contribution < 1.29 is 9.13 Å². The second-order valence-corrected chi connectivity index (χ2v) is 2.57. The van der Waals surface area contributed by atoms with Gasteiger partial charge in [0.1, 0.15) is 11.6 Å². The highest BCUT2D eigenvalue weighted by atomic mass is 19.1. The predicted octanol–water partition coefficient (Wildman–Crippen LogP) is 2.45. The summed E-state index contributed by atoms with van der Waals surface area (Å²) in [6.45, 7) is 3.54. The van der Waals surface area contributed by atoms with Gasteiger partial charge in [0.25, 0.3) is 0 Å². The number of hydrogen-bond donors (Lipinski definition) is 0. The smallest absolute Gasteiger partial charge is 0.126 e. The van der Waals surface area contributed by atoms with Gasteiger partial charge in [-0.25, -0.2) is 4.39 Å². The van der Waals surface area contributed by atoms with Gasteiger partial charge in [-0.05, 0) is 37.1 Å². The van der Waals surface area contributed by atoms with E-state index in [0.717, 1.165) is 11.3 Å². The fraction of sp³-hybridized carbons (Fsp3) is 0.333. The van der Waals surface area contributed by atoms with Crippen molar-refractivity contribution in [2.24, 2.45) is 0 Å². The molecule has 1 aromatic rings. The van der Waals surface area contributed by atoms with Crippen LogP contribution < -0.4 is 4.74 Å². The standard InChI is InChI=1S/C9H11FO/c1-6-5-9(11-3)7(2)4-8(6)10/h4-5H,1-3H3. The number of benzene rings is 1. The van der Waals surface area contributed by atoms with Crippen molar-refractivity contribution in [3.63, 3.8) is 0 Å². The van der Waals surface area contributed by atoms with Gasteiger partial charge in [0, 0.05) is 0 Å². The molecule has 0 unspecified atom stereocenters. The molecule has 0 atom stereocenters. The van der Waals surface area contributed by atoms with E-state index >= 15 is 0 Å². The van der Waals surface area contributed by atoms with Gasteiger partial charge in [0.2, 0.25) is 0 Å². The third-order valence-electron chi connectivity index (χ3n) is 1.68. The molecule has 0 aliphatic heterocycles. The second kappa shape index (κ2) is 2.91. The van der Waals surface area contributed by atoms with Crippen LogP contribution in [0.4, 0.5) is 4.39 Å². The van der Waals surface area contributed by atoms with Crippen molar-refractivity contribution in [3.05, 3.63) is 29.1 Å². The lowest BCUT2D eigenvalue weighted by atomic mass is 10.1. The van der Waals surface area contributed by atoms with Crippen molar-refractivity contribution in [3.8, 4) is 5.75 Å². The summed E-state index contributed by atoms with van der Waals surface area (Å²) >= 11 is 0. The lowest BCUT2D eigenvalue weighted by molar-refractivity contribution is 0.410. The van der Waals surface area contributed by atoms with Gasteiger partial charge in [-0.15, -0.1) is 0 Å². The Labute approximate surface area is 65.8 Å². The first kappa shape index (κ1) is 8.05. The minimum absolute atomic E-state index is 0.177. The first-order valence-corrected chi connectivity index (χ1v) is 3.46. The molecule has 0 amide bonds. The van der Waals surface area contributed by atoms with Crippen molar-refractivity contribution in [1.29, 1.82) is 0 Å². The molecule has 0 fully saturated rings. The van der Waals surface area contributed by atoms with Crippen LogP contribution in [0.1, 0.15) is 11.1 Å². The Bertz CT molecular complexity index is 269. The third-order valence-corrected chi connectivity index (χ3v) is 1.68. The number of ether oxygens (including phenoxy) is 1. The van der Waals surface area contributed by atoms with E-state index in [9.17, 15) is 4.39 Å². The van der Waals surface area contributed by atoms with E-state index < -0.39 is 0 Å². The van der Waals surface area contributed by atoms with Crippen LogP contribution in [0.25, 0.3) is 0 Å². The second-order valence-electron chi connectivity index (χ2n) is 2.57. The predicted molar refractivity (Wildman–Crippen MR) is 42.4 cm³/mol. The van der Waals surface area contributed by atoms with Gasteiger partial charge in [-0.3, -0.25) is 0 Å². The van der Waals surface area contributed by atoms with Crippen LogP contribution in [0.15, 0.2) is 12.1 Å². The van der Waals surface area contributed by atoms with Gasteiger partial charge < -0.3 is 4.74 Å². The summed E-state index contributed by atoms with van der Waals surface area (Å²) < 4.78 is 17.9. The molecule has 1 rings (SSSR count). The zero-order valence-electron chi connectivity index (χ0n) is 6.94. The lowest BCUT2D eigenvalue weighted by Gasteiger charge is -2.05. The normalized spacial score (nSPS) is 9.82. The molecule has 2 heteroatoms. The molecule has 1 aromatic carbocycles. The van der Waals surface area contributed by atoms with Gasteiger partial charge in [0.15, 0.2) is 0 Å². The highest BCUT2D eigenvalue weighted by molar-refractivity contribution is 5.36. The summed E-state index contributed by atoms with van der Waals surface area (Å²) in [7, 11) is 1.58. The zero-order valence-corrected chi connectivity index (χ0v) is 6.94. The Balaban J connectivity index is 3.21. The monoisotopic (exact) mass is 154 g/mol.